The van der Waals surface area contributed by atoms with Crippen LogP contribution in [0.5, 0.6) is 5.75 Å². The van der Waals surface area contributed by atoms with Crippen LogP contribution in [0.3, 0.4) is 0 Å². The van der Waals surface area contributed by atoms with Crippen molar-refractivity contribution in [2.24, 2.45) is 0 Å². The number of rotatable bonds is 5. The summed E-state index contributed by atoms with van der Waals surface area (Å²) in [5.74, 6) is -2.41. The van der Waals surface area contributed by atoms with Gasteiger partial charge in [-0.25, -0.2) is 8.78 Å². The number of hydrogen-bond donors (Lipinski definition) is 0. The molecule has 0 spiro atoms. The topological polar surface area (TPSA) is 43.4 Å². The Morgan fingerprint density at radius 3 is 2.29 bits per heavy atom. The Kier molecular flexibility index (Phi) is 4.57. The zero-order valence-corrected chi connectivity index (χ0v) is 12.2. The molecule has 0 unspecified atom stereocenters. The Bertz CT molecular complexity index is 725. The van der Waals surface area contributed by atoms with Gasteiger partial charge in [0.15, 0.2) is 11.6 Å². The second-order valence-corrected chi connectivity index (χ2v) is 6.05. The van der Waals surface area contributed by atoms with E-state index in [1.807, 2.05) is 6.92 Å². The van der Waals surface area contributed by atoms with E-state index in [2.05, 4.69) is 0 Å². The molecule has 0 bridgehead atoms. The highest BCUT2D eigenvalue weighted by atomic mass is 32.2. The molecule has 21 heavy (non-hydrogen) atoms. The predicted octanol–water partition coefficient (Wildman–Crippen LogP) is 3.69. The number of hydrogen-bond acceptors (Lipinski definition) is 3. The summed E-state index contributed by atoms with van der Waals surface area (Å²) in [6.07, 6.45) is 1.79. The molecule has 0 aromatic heterocycles. The minimum Gasteiger partial charge on any atom is -0.376 e. The molecule has 0 fully saturated rings. The molecule has 2 aromatic rings. The van der Waals surface area contributed by atoms with Crippen molar-refractivity contribution < 1.29 is 21.4 Å². The maximum absolute atomic E-state index is 13.4. The van der Waals surface area contributed by atoms with Gasteiger partial charge in [-0.05, 0) is 36.2 Å². The number of halogens is 2. The van der Waals surface area contributed by atoms with Gasteiger partial charge in [-0.15, -0.1) is 0 Å². The van der Waals surface area contributed by atoms with Crippen molar-refractivity contribution in [1.29, 1.82) is 0 Å². The van der Waals surface area contributed by atoms with E-state index in [9.17, 15) is 17.2 Å². The molecule has 0 radical (unpaired) electrons. The van der Waals surface area contributed by atoms with Gasteiger partial charge in [0.25, 0.3) is 0 Å². The van der Waals surface area contributed by atoms with Crippen LogP contribution in [0.15, 0.2) is 47.4 Å². The summed E-state index contributed by atoms with van der Waals surface area (Å²) in [6, 6.07) is 8.60. The normalized spacial score (nSPS) is 11.4. The van der Waals surface area contributed by atoms with E-state index >= 15 is 0 Å². The molecule has 0 heterocycles. The van der Waals surface area contributed by atoms with Gasteiger partial charge in [0, 0.05) is 6.07 Å². The number of aryl methyl sites for hydroxylation is 1. The van der Waals surface area contributed by atoms with E-state index in [0.29, 0.717) is 6.07 Å². The monoisotopic (exact) mass is 312 g/mol. The first-order chi connectivity index (χ1) is 9.92. The molecule has 0 atom stereocenters. The fourth-order valence-electron chi connectivity index (χ4n) is 1.82. The lowest BCUT2D eigenvalue weighted by molar-refractivity contribution is 0.457. The van der Waals surface area contributed by atoms with Crippen LogP contribution in [0, 0.1) is 11.6 Å². The van der Waals surface area contributed by atoms with Gasteiger partial charge in [-0.1, -0.05) is 25.5 Å². The Morgan fingerprint density at radius 1 is 1.05 bits per heavy atom. The average molecular weight is 312 g/mol. The Balaban J connectivity index is 2.25. The molecular weight excluding hydrogens is 298 g/mol. The highest BCUT2D eigenvalue weighted by molar-refractivity contribution is 7.87. The van der Waals surface area contributed by atoms with Crippen molar-refractivity contribution >= 4 is 10.1 Å². The van der Waals surface area contributed by atoms with E-state index in [1.54, 1.807) is 12.1 Å². The van der Waals surface area contributed by atoms with E-state index in [-0.39, 0.29) is 4.90 Å². The molecule has 0 N–H and O–H groups in total. The summed E-state index contributed by atoms with van der Waals surface area (Å²) in [7, 11) is -4.14. The van der Waals surface area contributed by atoms with Crippen LogP contribution in [-0.2, 0) is 16.5 Å². The van der Waals surface area contributed by atoms with E-state index in [1.165, 1.54) is 12.1 Å². The molecule has 0 aliphatic heterocycles. The largest absolute Gasteiger partial charge is 0.376 e. The third-order valence-electron chi connectivity index (χ3n) is 2.84. The van der Waals surface area contributed by atoms with Crippen molar-refractivity contribution in [3.05, 3.63) is 59.7 Å². The minimum atomic E-state index is -4.14. The van der Waals surface area contributed by atoms with Crippen LogP contribution < -0.4 is 4.18 Å². The summed E-state index contributed by atoms with van der Waals surface area (Å²) < 4.78 is 55.0. The van der Waals surface area contributed by atoms with Gasteiger partial charge in [0.1, 0.15) is 10.7 Å². The van der Waals surface area contributed by atoms with E-state index in [4.69, 9.17) is 4.18 Å². The molecule has 0 saturated carbocycles. The summed E-state index contributed by atoms with van der Waals surface area (Å²) in [4.78, 5) is -0.0777. The predicted molar refractivity (Wildman–Crippen MR) is 74.6 cm³/mol. The molecule has 0 amide bonds. The fraction of sp³-hybridized carbons (Fsp3) is 0.200. The Morgan fingerprint density at radius 2 is 1.71 bits per heavy atom. The third kappa shape index (κ3) is 3.78. The first-order valence-corrected chi connectivity index (χ1v) is 7.81. The minimum absolute atomic E-state index is 0.0777. The smallest absolute Gasteiger partial charge is 0.339 e. The maximum atomic E-state index is 13.4. The van der Waals surface area contributed by atoms with Crippen LogP contribution >= 0.6 is 0 Å². The van der Waals surface area contributed by atoms with Crippen LogP contribution in [-0.4, -0.2) is 8.42 Å². The molecule has 2 aromatic carbocycles. The lowest BCUT2D eigenvalue weighted by Gasteiger charge is -2.08. The van der Waals surface area contributed by atoms with Crippen molar-refractivity contribution in [1.82, 2.24) is 0 Å². The molecule has 2 rings (SSSR count). The lowest BCUT2D eigenvalue weighted by atomic mass is 10.1. The van der Waals surface area contributed by atoms with Gasteiger partial charge < -0.3 is 4.18 Å². The SMILES string of the molecule is CCCc1ccc(S(=O)(=O)Oc2ccc(F)cc2F)cc1. The van der Waals surface area contributed by atoms with Gasteiger partial charge in [-0.2, -0.15) is 8.42 Å². The lowest BCUT2D eigenvalue weighted by Crippen LogP contribution is -2.10. The molecule has 0 aliphatic carbocycles. The van der Waals surface area contributed by atoms with Gasteiger partial charge in [-0.3, -0.25) is 0 Å². The average Bonchev–Trinajstić information content (AvgIpc) is 2.43. The third-order valence-corrected chi connectivity index (χ3v) is 4.09. The van der Waals surface area contributed by atoms with Crippen molar-refractivity contribution in [2.75, 3.05) is 0 Å². The van der Waals surface area contributed by atoms with Gasteiger partial charge >= 0.3 is 10.1 Å². The first-order valence-electron chi connectivity index (χ1n) is 6.41. The highest BCUT2D eigenvalue weighted by Gasteiger charge is 2.19. The van der Waals surface area contributed by atoms with Gasteiger partial charge in [0.05, 0.1) is 0 Å². The standard InChI is InChI=1S/C15H14F2O3S/c1-2-3-11-4-7-13(8-5-11)21(18,19)20-15-9-6-12(16)10-14(15)17/h4-10H,2-3H2,1H3. The molecular formula is C15H14F2O3S. The molecule has 3 nitrogen and oxygen atoms in total. The van der Waals surface area contributed by atoms with Crippen LogP contribution in [0.25, 0.3) is 0 Å². The second kappa shape index (κ2) is 6.22. The highest BCUT2D eigenvalue weighted by Crippen LogP contribution is 2.23. The Hall–Kier alpha value is -1.95. The Labute approximate surface area is 122 Å². The van der Waals surface area contributed by atoms with Crippen molar-refractivity contribution in [3.8, 4) is 5.75 Å². The second-order valence-electron chi connectivity index (χ2n) is 4.51. The van der Waals surface area contributed by atoms with Crippen LogP contribution in [0.2, 0.25) is 0 Å². The van der Waals surface area contributed by atoms with Crippen molar-refractivity contribution in [2.45, 2.75) is 24.7 Å². The zero-order chi connectivity index (χ0) is 15.5. The molecule has 0 aliphatic rings. The molecule has 112 valence electrons. The fourth-order valence-corrected chi connectivity index (χ4v) is 2.76. The summed E-state index contributed by atoms with van der Waals surface area (Å²) in [5, 5.41) is 0. The van der Waals surface area contributed by atoms with Crippen LogP contribution in [0.4, 0.5) is 8.78 Å². The summed E-state index contributed by atoms with van der Waals surface area (Å²) in [6.45, 7) is 2.02. The molecule has 6 heteroatoms. The van der Waals surface area contributed by atoms with Gasteiger partial charge in [0.2, 0.25) is 0 Å². The maximum Gasteiger partial charge on any atom is 0.339 e. The number of benzene rings is 2. The molecule has 0 saturated heterocycles. The zero-order valence-electron chi connectivity index (χ0n) is 11.3. The quantitative estimate of drug-likeness (QED) is 0.791. The van der Waals surface area contributed by atoms with Crippen LogP contribution in [0.1, 0.15) is 18.9 Å². The first kappa shape index (κ1) is 15.4. The van der Waals surface area contributed by atoms with E-state index in [0.717, 1.165) is 30.5 Å². The summed E-state index contributed by atoms with van der Waals surface area (Å²) in [5.41, 5.74) is 1.00. The summed E-state index contributed by atoms with van der Waals surface area (Å²) >= 11 is 0. The van der Waals surface area contributed by atoms with Crippen molar-refractivity contribution in [3.63, 3.8) is 0 Å². The van der Waals surface area contributed by atoms with E-state index < -0.39 is 27.5 Å².